The van der Waals surface area contributed by atoms with Crippen molar-refractivity contribution >= 4 is 34.8 Å². The first kappa shape index (κ1) is 19.6. The van der Waals surface area contributed by atoms with Crippen molar-refractivity contribution in [2.24, 2.45) is 11.8 Å². The van der Waals surface area contributed by atoms with Gasteiger partial charge in [-0.15, -0.1) is 23.7 Å². The SMILES string of the molecule is CC(C(=O)Nc1nc(-c2ccccc2OC(F)F)cs1)C1CNC1.Cl. The van der Waals surface area contributed by atoms with Gasteiger partial charge in [0.15, 0.2) is 5.13 Å². The van der Waals surface area contributed by atoms with Crippen LogP contribution in [0.2, 0.25) is 0 Å². The first-order valence-electron chi connectivity index (χ1n) is 7.56. The number of anilines is 1. The van der Waals surface area contributed by atoms with E-state index < -0.39 is 6.61 Å². The van der Waals surface area contributed by atoms with Gasteiger partial charge in [0.2, 0.25) is 5.91 Å². The van der Waals surface area contributed by atoms with Crippen molar-refractivity contribution in [3.63, 3.8) is 0 Å². The molecule has 0 spiro atoms. The van der Waals surface area contributed by atoms with E-state index in [0.29, 0.717) is 22.3 Å². The highest BCUT2D eigenvalue weighted by molar-refractivity contribution is 7.14. The second kappa shape index (κ2) is 8.55. The van der Waals surface area contributed by atoms with Crippen molar-refractivity contribution in [1.29, 1.82) is 0 Å². The van der Waals surface area contributed by atoms with Gasteiger partial charge in [0.1, 0.15) is 5.75 Å². The Morgan fingerprint density at radius 2 is 2.12 bits per heavy atom. The summed E-state index contributed by atoms with van der Waals surface area (Å²) in [5.74, 6) is 0.210. The number of ether oxygens (including phenoxy) is 1. The standard InChI is InChI=1S/C16H17F2N3O2S.ClH/c1-9(10-6-19-7-10)14(22)21-16-20-12(8-24-16)11-4-2-3-5-13(11)23-15(17)18;/h2-5,8-10,15,19H,6-7H2,1H3,(H,20,21,22);1H. The number of rotatable bonds is 6. The van der Waals surface area contributed by atoms with Crippen molar-refractivity contribution in [3.05, 3.63) is 29.6 Å². The Morgan fingerprint density at radius 1 is 1.40 bits per heavy atom. The largest absolute Gasteiger partial charge is 0.434 e. The number of thiazole rings is 1. The minimum absolute atomic E-state index is 0. The van der Waals surface area contributed by atoms with E-state index in [1.807, 2.05) is 6.92 Å². The lowest BCUT2D eigenvalue weighted by atomic mass is 9.88. The summed E-state index contributed by atoms with van der Waals surface area (Å²) in [5, 5.41) is 8.09. The van der Waals surface area contributed by atoms with Crippen molar-refractivity contribution < 1.29 is 18.3 Å². The van der Waals surface area contributed by atoms with Crippen molar-refractivity contribution in [1.82, 2.24) is 10.3 Å². The third kappa shape index (κ3) is 4.65. The number of carbonyl (C=O) groups is 1. The molecule has 5 nitrogen and oxygen atoms in total. The number of nitrogens with zero attached hydrogens (tertiary/aromatic N) is 1. The zero-order valence-corrected chi connectivity index (χ0v) is 15.0. The number of benzene rings is 1. The van der Waals surface area contributed by atoms with Crippen molar-refractivity contribution in [2.75, 3.05) is 18.4 Å². The minimum Gasteiger partial charge on any atom is -0.434 e. The summed E-state index contributed by atoms with van der Waals surface area (Å²) in [6.45, 7) is 0.675. The third-order valence-corrected chi connectivity index (χ3v) is 4.80. The second-order valence-electron chi connectivity index (χ2n) is 5.61. The molecule has 0 radical (unpaired) electrons. The first-order valence-corrected chi connectivity index (χ1v) is 8.44. The molecule has 3 rings (SSSR count). The van der Waals surface area contributed by atoms with E-state index in [0.717, 1.165) is 13.1 Å². The molecule has 9 heteroatoms. The summed E-state index contributed by atoms with van der Waals surface area (Å²) in [5.41, 5.74) is 0.954. The van der Waals surface area contributed by atoms with Gasteiger partial charge in [0.25, 0.3) is 0 Å². The van der Waals surface area contributed by atoms with Crippen LogP contribution in [0.15, 0.2) is 29.6 Å². The van der Waals surface area contributed by atoms with E-state index in [2.05, 4.69) is 20.4 Å². The van der Waals surface area contributed by atoms with Crippen LogP contribution in [0, 0.1) is 11.8 Å². The van der Waals surface area contributed by atoms with Crippen LogP contribution in [0.5, 0.6) is 5.75 Å². The zero-order valence-electron chi connectivity index (χ0n) is 13.4. The van der Waals surface area contributed by atoms with E-state index in [1.165, 1.54) is 17.4 Å². The Kier molecular flexibility index (Phi) is 6.69. The van der Waals surface area contributed by atoms with Crippen molar-refractivity contribution in [2.45, 2.75) is 13.5 Å². The fraction of sp³-hybridized carbons (Fsp3) is 0.375. The summed E-state index contributed by atoms with van der Waals surface area (Å²) in [6.07, 6.45) is 0. The van der Waals surface area contributed by atoms with E-state index >= 15 is 0 Å². The zero-order chi connectivity index (χ0) is 17.1. The van der Waals surface area contributed by atoms with E-state index in [-0.39, 0.29) is 30.0 Å². The van der Waals surface area contributed by atoms with Crippen LogP contribution >= 0.6 is 23.7 Å². The third-order valence-electron chi connectivity index (χ3n) is 4.05. The maximum Gasteiger partial charge on any atom is 0.387 e. The summed E-state index contributed by atoms with van der Waals surface area (Å²) in [7, 11) is 0. The number of hydrogen-bond donors (Lipinski definition) is 2. The molecule has 136 valence electrons. The molecule has 1 amide bonds. The molecular formula is C16H18ClF2N3O2S. The van der Waals surface area contributed by atoms with Gasteiger partial charge >= 0.3 is 6.61 Å². The lowest BCUT2D eigenvalue weighted by Gasteiger charge is -2.31. The van der Waals surface area contributed by atoms with Gasteiger partial charge < -0.3 is 15.4 Å². The maximum atomic E-state index is 12.5. The fourth-order valence-electron chi connectivity index (χ4n) is 2.43. The number of hydrogen-bond acceptors (Lipinski definition) is 5. The molecule has 0 aliphatic carbocycles. The summed E-state index contributed by atoms with van der Waals surface area (Å²) in [4.78, 5) is 16.5. The van der Waals surface area contributed by atoms with E-state index in [9.17, 15) is 13.6 Å². The summed E-state index contributed by atoms with van der Waals surface area (Å²) >= 11 is 1.25. The molecular weight excluding hydrogens is 372 g/mol. The molecule has 2 aromatic rings. The van der Waals surface area contributed by atoms with Gasteiger partial charge in [-0.25, -0.2) is 4.98 Å². The molecule has 1 unspecified atom stereocenters. The predicted molar refractivity (Wildman–Crippen MR) is 95.6 cm³/mol. The Labute approximate surface area is 154 Å². The first-order chi connectivity index (χ1) is 11.5. The number of aromatic nitrogens is 1. The number of nitrogens with one attached hydrogen (secondary N) is 2. The highest BCUT2D eigenvalue weighted by Gasteiger charge is 2.29. The average Bonchev–Trinajstić information content (AvgIpc) is 2.93. The topological polar surface area (TPSA) is 63.2 Å². The average molecular weight is 390 g/mol. The van der Waals surface area contributed by atoms with E-state index in [4.69, 9.17) is 0 Å². The molecule has 1 saturated heterocycles. The maximum absolute atomic E-state index is 12.5. The second-order valence-corrected chi connectivity index (χ2v) is 6.47. The molecule has 25 heavy (non-hydrogen) atoms. The summed E-state index contributed by atoms with van der Waals surface area (Å²) in [6, 6.07) is 6.45. The lowest BCUT2D eigenvalue weighted by molar-refractivity contribution is -0.121. The van der Waals surface area contributed by atoms with Gasteiger partial charge in [-0.3, -0.25) is 4.79 Å². The molecule has 1 aromatic heterocycles. The van der Waals surface area contributed by atoms with Crippen LogP contribution in [-0.2, 0) is 4.79 Å². The van der Waals surface area contributed by atoms with Crippen LogP contribution in [0.3, 0.4) is 0 Å². The Morgan fingerprint density at radius 3 is 2.76 bits per heavy atom. The van der Waals surface area contributed by atoms with Gasteiger partial charge in [-0.1, -0.05) is 19.1 Å². The highest BCUT2D eigenvalue weighted by Crippen LogP contribution is 2.33. The predicted octanol–water partition coefficient (Wildman–Crippen LogP) is 3.63. The molecule has 2 heterocycles. The molecule has 1 aliphatic rings. The number of para-hydroxylation sites is 1. The fourth-order valence-corrected chi connectivity index (χ4v) is 3.14. The number of halogens is 3. The monoisotopic (exact) mass is 389 g/mol. The molecule has 0 saturated carbocycles. The van der Waals surface area contributed by atoms with Crippen LogP contribution in [0.1, 0.15) is 6.92 Å². The Bertz CT molecular complexity index is 725. The molecule has 2 N–H and O–H groups in total. The quantitative estimate of drug-likeness (QED) is 0.792. The number of alkyl halides is 2. The minimum atomic E-state index is -2.90. The molecule has 1 fully saturated rings. The van der Waals surface area contributed by atoms with E-state index in [1.54, 1.807) is 23.6 Å². The Hall–Kier alpha value is -1.77. The number of amides is 1. The van der Waals surface area contributed by atoms with Crippen LogP contribution < -0.4 is 15.4 Å². The Balaban J connectivity index is 0.00000225. The van der Waals surface area contributed by atoms with Gasteiger partial charge in [0.05, 0.1) is 5.69 Å². The van der Waals surface area contributed by atoms with Crippen molar-refractivity contribution in [3.8, 4) is 17.0 Å². The summed E-state index contributed by atoms with van der Waals surface area (Å²) < 4.78 is 29.5. The van der Waals surface area contributed by atoms with Crippen LogP contribution in [0.4, 0.5) is 13.9 Å². The molecule has 1 aromatic carbocycles. The van der Waals surface area contributed by atoms with Gasteiger partial charge in [-0.05, 0) is 31.1 Å². The van der Waals surface area contributed by atoms with Gasteiger partial charge in [0, 0.05) is 16.9 Å². The smallest absolute Gasteiger partial charge is 0.387 e. The molecule has 1 aliphatic heterocycles. The lowest BCUT2D eigenvalue weighted by Crippen LogP contribution is -2.48. The van der Waals surface area contributed by atoms with Gasteiger partial charge in [-0.2, -0.15) is 8.78 Å². The molecule has 0 bridgehead atoms. The van der Waals surface area contributed by atoms with Crippen LogP contribution in [-0.4, -0.2) is 30.6 Å². The highest BCUT2D eigenvalue weighted by atomic mass is 35.5. The normalized spacial score (nSPS) is 15.2. The molecule has 1 atom stereocenters. The van der Waals surface area contributed by atoms with Crippen LogP contribution in [0.25, 0.3) is 11.3 Å². The number of carbonyl (C=O) groups excluding carboxylic acids is 1.